The minimum Gasteiger partial charge on any atom is -0.508 e. The number of phenols is 2. The average Bonchev–Trinajstić information content (AvgIpc) is 2.76. The number of carbonyl (C=O) groups is 1. The summed E-state index contributed by atoms with van der Waals surface area (Å²) in [6.07, 6.45) is 0. The van der Waals surface area contributed by atoms with E-state index in [1.165, 1.54) is 12.1 Å². The van der Waals surface area contributed by atoms with Gasteiger partial charge in [-0.15, -0.1) is 12.4 Å². The summed E-state index contributed by atoms with van der Waals surface area (Å²) in [6, 6.07) is 12.9. The van der Waals surface area contributed by atoms with Crippen LogP contribution in [0.25, 0.3) is 22.3 Å². The molecule has 35 heavy (non-hydrogen) atoms. The molecule has 2 heterocycles. The standard InChI is InChI=1S/C15H10O4.C6H8ClN7O.ClH/c16-10-6-11(17)15-12(18)8-13(19-14(15)7-10)9-4-2-1-3-5-9;7-2-4(9)13-3(8)1(12-2)5(15)14-6(10)11;/h1-8,16-17H;(H4,8,9,13)(H4,10,11,14,15);1H. The number of guanidine groups is 1. The van der Waals surface area contributed by atoms with E-state index in [-0.39, 0.29) is 62.8 Å². The van der Waals surface area contributed by atoms with Crippen molar-refractivity contribution < 1.29 is 19.4 Å². The first-order valence-electron chi connectivity index (χ1n) is 9.34. The molecule has 0 bridgehead atoms. The minimum atomic E-state index is -0.832. The van der Waals surface area contributed by atoms with Gasteiger partial charge < -0.3 is 37.6 Å². The maximum atomic E-state index is 12.0. The van der Waals surface area contributed by atoms with Crippen molar-refractivity contribution in [3.05, 3.63) is 69.6 Å². The van der Waals surface area contributed by atoms with Gasteiger partial charge in [-0.05, 0) is 0 Å². The first-order valence-corrected chi connectivity index (χ1v) is 9.72. The number of benzene rings is 2. The van der Waals surface area contributed by atoms with Crippen molar-refractivity contribution >= 4 is 58.5 Å². The Balaban J connectivity index is 0.000000247. The van der Waals surface area contributed by atoms with E-state index in [1.54, 1.807) is 0 Å². The topological polar surface area (TPSA) is 230 Å². The monoisotopic (exact) mass is 519 g/mol. The number of rotatable bonds is 2. The number of anilines is 2. The van der Waals surface area contributed by atoms with Gasteiger partial charge in [0.1, 0.15) is 28.2 Å². The third kappa shape index (κ3) is 6.28. The molecule has 4 aromatic rings. The Morgan fingerprint density at radius 1 is 1.00 bits per heavy atom. The van der Waals surface area contributed by atoms with E-state index in [9.17, 15) is 19.8 Å². The first kappa shape index (κ1) is 26.7. The lowest BCUT2D eigenvalue weighted by Crippen LogP contribution is -2.24. The summed E-state index contributed by atoms with van der Waals surface area (Å²) < 4.78 is 5.57. The summed E-state index contributed by atoms with van der Waals surface area (Å²) in [5.41, 5.74) is 21.0. The van der Waals surface area contributed by atoms with Crippen LogP contribution in [0, 0.1) is 0 Å². The lowest BCUT2D eigenvalue weighted by molar-refractivity contribution is 0.0998. The van der Waals surface area contributed by atoms with Crippen LogP contribution in [0.15, 0.2) is 62.7 Å². The second-order valence-electron chi connectivity index (χ2n) is 6.65. The molecule has 1 amide bonds. The summed E-state index contributed by atoms with van der Waals surface area (Å²) >= 11 is 5.55. The van der Waals surface area contributed by atoms with Gasteiger partial charge >= 0.3 is 5.91 Å². The molecule has 2 aromatic carbocycles. The smallest absolute Gasteiger partial charge is 0.302 e. The fourth-order valence-corrected chi connectivity index (χ4v) is 2.89. The number of hydrogen-bond acceptors (Lipinski definition) is 9. The molecule has 0 spiro atoms. The number of nitrogens with two attached hydrogens (primary N) is 4. The van der Waals surface area contributed by atoms with Crippen LogP contribution in [0.2, 0.25) is 5.15 Å². The van der Waals surface area contributed by atoms with Crippen molar-refractivity contribution in [1.82, 2.24) is 9.97 Å². The van der Waals surface area contributed by atoms with Crippen LogP contribution < -0.4 is 28.4 Å². The van der Waals surface area contributed by atoms with Gasteiger partial charge in [0, 0.05) is 23.8 Å². The van der Waals surface area contributed by atoms with Crippen LogP contribution >= 0.6 is 24.0 Å². The normalized spacial score (nSPS) is 9.97. The fraction of sp³-hybridized carbons (Fsp3) is 0. The molecule has 0 unspecified atom stereocenters. The maximum Gasteiger partial charge on any atom is 0.302 e. The van der Waals surface area contributed by atoms with E-state index in [1.807, 2.05) is 30.3 Å². The Morgan fingerprint density at radius 2 is 1.66 bits per heavy atom. The van der Waals surface area contributed by atoms with Crippen molar-refractivity contribution in [3.63, 3.8) is 0 Å². The number of phenolic OH excluding ortho intramolecular Hbond substituents is 2. The molecule has 182 valence electrons. The highest BCUT2D eigenvalue weighted by atomic mass is 35.5. The Hall–Kier alpha value is -4.55. The van der Waals surface area contributed by atoms with Gasteiger partial charge in [0.05, 0.1) is 0 Å². The van der Waals surface area contributed by atoms with E-state index in [0.29, 0.717) is 5.76 Å². The molecule has 0 aliphatic carbocycles. The molecule has 0 saturated carbocycles. The Morgan fingerprint density at radius 3 is 2.29 bits per heavy atom. The highest BCUT2D eigenvalue weighted by molar-refractivity contribution is 6.31. The number of carbonyl (C=O) groups excluding carboxylic acids is 1. The minimum absolute atomic E-state index is 0. The van der Waals surface area contributed by atoms with E-state index in [2.05, 4.69) is 15.0 Å². The van der Waals surface area contributed by atoms with E-state index < -0.39 is 11.9 Å². The fourth-order valence-electron chi connectivity index (χ4n) is 2.77. The Bertz CT molecular complexity index is 1470. The van der Waals surface area contributed by atoms with Crippen molar-refractivity contribution in [3.8, 4) is 22.8 Å². The SMILES string of the molecule is Cl.NC(N)=NC(=O)c1nc(Cl)c(N)nc1N.O=c1cc(-c2ccccc2)oc2cc(O)cc(O)c12. The number of hydrogen-bond donors (Lipinski definition) is 6. The predicted molar refractivity (Wildman–Crippen MR) is 135 cm³/mol. The van der Waals surface area contributed by atoms with Gasteiger partial charge in [-0.2, -0.15) is 4.99 Å². The van der Waals surface area contributed by atoms with Crippen molar-refractivity contribution in [1.29, 1.82) is 0 Å². The van der Waals surface area contributed by atoms with Crippen LogP contribution in [0.5, 0.6) is 11.5 Å². The lowest BCUT2D eigenvalue weighted by atomic mass is 10.1. The van der Waals surface area contributed by atoms with Crippen molar-refractivity contribution in [2.75, 3.05) is 11.5 Å². The lowest BCUT2D eigenvalue weighted by Gasteiger charge is -2.04. The summed E-state index contributed by atoms with van der Waals surface area (Å²) in [5.74, 6) is -1.55. The van der Waals surface area contributed by atoms with Crippen LogP contribution in [0.1, 0.15) is 10.5 Å². The number of aromatic nitrogens is 2. The molecule has 0 aliphatic heterocycles. The molecule has 12 nitrogen and oxygen atoms in total. The van der Waals surface area contributed by atoms with Crippen LogP contribution in [-0.2, 0) is 0 Å². The molecule has 0 aliphatic rings. The third-order valence-electron chi connectivity index (χ3n) is 4.19. The molecule has 0 atom stereocenters. The molecule has 10 N–H and O–H groups in total. The van der Waals surface area contributed by atoms with Gasteiger partial charge in [-0.25, -0.2) is 9.97 Å². The number of fused-ring (bicyclic) bond motifs is 1. The molecular formula is C21H19Cl2N7O5. The van der Waals surface area contributed by atoms with Gasteiger partial charge in [-0.3, -0.25) is 9.59 Å². The number of aromatic hydroxyl groups is 2. The summed E-state index contributed by atoms with van der Waals surface area (Å²) in [6.45, 7) is 0. The molecule has 0 radical (unpaired) electrons. The molecule has 4 rings (SSSR count). The van der Waals surface area contributed by atoms with E-state index >= 15 is 0 Å². The van der Waals surface area contributed by atoms with Gasteiger partial charge in [0.2, 0.25) is 0 Å². The summed E-state index contributed by atoms with van der Waals surface area (Å²) in [5, 5.41) is 19.0. The predicted octanol–water partition coefficient (Wildman–Crippen LogP) is 2.00. The van der Waals surface area contributed by atoms with Crippen LogP contribution in [0.4, 0.5) is 11.6 Å². The number of amides is 1. The Kier molecular flexibility index (Phi) is 8.43. The zero-order valence-electron chi connectivity index (χ0n) is 17.7. The second-order valence-corrected chi connectivity index (χ2v) is 7.01. The average molecular weight is 520 g/mol. The quantitative estimate of drug-likeness (QED) is 0.165. The van der Waals surface area contributed by atoms with E-state index in [4.69, 9.17) is 39.0 Å². The summed E-state index contributed by atoms with van der Waals surface area (Å²) in [4.78, 5) is 33.7. The van der Waals surface area contributed by atoms with Crippen LogP contribution in [-0.4, -0.2) is 32.0 Å². The maximum absolute atomic E-state index is 12.0. The number of aliphatic imine (C=N–C) groups is 1. The van der Waals surface area contributed by atoms with Gasteiger partial charge in [0.15, 0.2) is 33.9 Å². The van der Waals surface area contributed by atoms with Gasteiger partial charge in [-0.1, -0.05) is 41.9 Å². The first-order chi connectivity index (χ1) is 16.1. The molecule has 0 fully saturated rings. The summed E-state index contributed by atoms with van der Waals surface area (Å²) in [7, 11) is 0. The molecule has 14 heteroatoms. The third-order valence-corrected chi connectivity index (χ3v) is 4.47. The highest BCUT2D eigenvalue weighted by Gasteiger charge is 2.15. The second kappa shape index (κ2) is 11.0. The van der Waals surface area contributed by atoms with E-state index in [0.717, 1.165) is 11.6 Å². The molecule has 0 saturated heterocycles. The number of halogens is 2. The zero-order chi connectivity index (χ0) is 25.0. The zero-order valence-corrected chi connectivity index (χ0v) is 19.2. The van der Waals surface area contributed by atoms with Gasteiger partial charge in [0.25, 0.3) is 0 Å². The largest absolute Gasteiger partial charge is 0.508 e. The number of nitrogen functional groups attached to an aromatic ring is 2. The number of nitrogens with zero attached hydrogens (tertiary/aromatic N) is 3. The molecule has 2 aromatic heterocycles. The van der Waals surface area contributed by atoms with Crippen molar-refractivity contribution in [2.24, 2.45) is 16.5 Å². The molecular weight excluding hydrogens is 501 g/mol. The van der Waals surface area contributed by atoms with Crippen molar-refractivity contribution in [2.45, 2.75) is 0 Å². The Labute approximate surface area is 208 Å². The van der Waals surface area contributed by atoms with Crippen LogP contribution in [0.3, 0.4) is 0 Å². The highest BCUT2D eigenvalue weighted by Crippen LogP contribution is 2.30.